The number of hydrogen-bond acceptors (Lipinski definition) is 3. The highest BCUT2D eigenvalue weighted by atomic mass is 16.8. The Hall–Kier alpha value is -0.120. The summed E-state index contributed by atoms with van der Waals surface area (Å²) in [6, 6.07) is 0.0868. The number of hydrogen-bond donors (Lipinski definition) is 1. The van der Waals surface area contributed by atoms with Crippen LogP contribution in [0.3, 0.4) is 0 Å². The lowest BCUT2D eigenvalue weighted by atomic mass is 10.3. The minimum atomic E-state index is -0.0417. The maximum atomic E-state index is 5.56. The minimum absolute atomic E-state index is 0.0417. The van der Waals surface area contributed by atoms with Crippen LogP contribution in [0.5, 0.6) is 0 Å². The lowest BCUT2D eigenvalue weighted by Gasteiger charge is -2.03. The van der Waals surface area contributed by atoms with Crippen LogP contribution in [-0.4, -0.2) is 24.5 Å². The van der Waals surface area contributed by atoms with Crippen molar-refractivity contribution in [2.45, 2.75) is 45.3 Å². The average molecular weight is 145 g/mol. The standard InChI is InChI=1S/C7H15NO2/c1-4(2)9-7-6(10-7)5(3)8/h4-7H,8H2,1-3H3. The van der Waals surface area contributed by atoms with E-state index in [0.29, 0.717) is 0 Å². The quantitative estimate of drug-likeness (QED) is 0.588. The molecule has 0 radical (unpaired) electrons. The Kier molecular flexibility index (Phi) is 2.28. The Morgan fingerprint density at radius 3 is 2.30 bits per heavy atom. The molecule has 1 heterocycles. The van der Waals surface area contributed by atoms with Gasteiger partial charge in [0.25, 0.3) is 0 Å². The first-order valence-corrected chi connectivity index (χ1v) is 3.67. The molecule has 10 heavy (non-hydrogen) atoms. The summed E-state index contributed by atoms with van der Waals surface area (Å²) in [7, 11) is 0. The largest absolute Gasteiger partial charge is 0.347 e. The third-order valence-corrected chi connectivity index (χ3v) is 1.41. The van der Waals surface area contributed by atoms with Crippen molar-refractivity contribution < 1.29 is 9.47 Å². The van der Waals surface area contributed by atoms with Crippen LogP contribution in [0.4, 0.5) is 0 Å². The van der Waals surface area contributed by atoms with Crippen LogP contribution >= 0.6 is 0 Å². The fourth-order valence-corrected chi connectivity index (χ4v) is 0.859. The van der Waals surface area contributed by atoms with Crippen molar-refractivity contribution in [3.8, 4) is 0 Å². The van der Waals surface area contributed by atoms with E-state index in [9.17, 15) is 0 Å². The van der Waals surface area contributed by atoms with Gasteiger partial charge in [0, 0.05) is 6.04 Å². The Bertz CT molecular complexity index is 114. The van der Waals surface area contributed by atoms with Gasteiger partial charge >= 0.3 is 0 Å². The van der Waals surface area contributed by atoms with Gasteiger partial charge < -0.3 is 15.2 Å². The van der Waals surface area contributed by atoms with Crippen molar-refractivity contribution in [1.29, 1.82) is 0 Å². The van der Waals surface area contributed by atoms with Gasteiger partial charge in [-0.25, -0.2) is 0 Å². The molecule has 3 heteroatoms. The van der Waals surface area contributed by atoms with Gasteiger partial charge in [-0.05, 0) is 20.8 Å². The molecule has 3 unspecified atom stereocenters. The van der Waals surface area contributed by atoms with E-state index in [0.717, 1.165) is 0 Å². The van der Waals surface area contributed by atoms with Crippen LogP contribution in [0, 0.1) is 0 Å². The van der Waals surface area contributed by atoms with Gasteiger partial charge in [-0.15, -0.1) is 0 Å². The van der Waals surface area contributed by atoms with Crippen molar-refractivity contribution in [3.63, 3.8) is 0 Å². The maximum Gasteiger partial charge on any atom is 0.186 e. The fraction of sp³-hybridized carbons (Fsp3) is 1.00. The van der Waals surface area contributed by atoms with Crippen molar-refractivity contribution >= 4 is 0 Å². The zero-order valence-electron chi connectivity index (χ0n) is 6.70. The highest BCUT2D eigenvalue weighted by Gasteiger charge is 2.43. The number of nitrogens with two attached hydrogens (primary N) is 1. The zero-order chi connectivity index (χ0) is 7.72. The van der Waals surface area contributed by atoms with Crippen LogP contribution in [0.2, 0.25) is 0 Å². The minimum Gasteiger partial charge on any atom is -0.347 e. The first-order chi connectivity index (χ1) is 4.61. The molecule has 1 rings (SSSR count). The van der Waals surface area contributed by atoms with Gasteiger partial charge in [-0.3, -0.25) is 0 Å². The van der Waals surface area contributed by atoms with Crippen molar-refractivity contribution in [3.05, 3.63) is 0 Å². The topological polar surface area (TPSA) is 47.8 Å². The first-order valence-electron chi connectivity index (χ1n) is 3.67. The van der Waals surface area contributed by atoms with Gasteiger partial charge in [0.1, 0.15) is 6.10 Å². The third kappa shape index (κ3) is 1.94. The molecule has 1 aliphatic heterocycles. The van der Waals surface area contributed by atoms with Crippen LogP contribution in [-0.2, 0) is 9.47 Å². The lowest BCUT2D eigenvalue weighted by Crippen LogP contribution is -2.25. The summed E-state index contributed by atoms with van der Waals surface area (Å²) < 4.78 is 10.5. The normalized spacial score (nSPS) is 34.5. The molecule has 2 N–H and O–H groups in total. The number of ether oxygens (including phenoxy) is 2. The SMILES string of the molecule is CC(C)OC1OC1C(C)N. The Morgan fingerprint density at radius 1 is 1.40 bits per heavy atom. The van der Waals surface area contributed by atoms with E-state index in [1.54, 1.807) is 0 Å². The van der Waals surface area contributed by atoms with E-state index in [-0.39, 0.29) is 24.5 Å². The van der Waals surface area contributed by atoms with Crippen molar-refractivity contribution in [1.82, 2.24) is 0 Å². The maximum absolute atomic E-state index is 5.56. The van der Waals surface area contributed by atoms with Gasteiger partial charge in [0.05, 0.1) is 6.10 Å². The molecular formula is C7H15NO2. The first kappa shape index (κ1) is 7.98. The molecule has 0 aromatic carbocycles. The molecule has 0 saturated carbocycles. The van der Waals surface area contributed by atoms with E-state index < -0.39 is 0 Å². The summed E-state index contributed by atoms with van der Waals surface area (Å²) in [5.74, 6) is 0. The van der Waals surface area contributed by atoms with E-state index in [1.807, 2.05) is 20.8 Å². The highest BCUT2D eigenvalue weighted by molar-refractivity contribution is 4.84. The molecule has 1 aliphatic rings. The van der Waals surface area contributed by atoms with E-state index in [1.165, 1.54) is 0 Å². The predicted molar refractivity (Wildman–Crippen MR) is 38.5 cm³/mol. The average Bonchev–Trinajstić information content (AvgIpc) is 2.43. The lowest BCUT2D eigenvalue weighted by molar-refractivity contribution is 0.00799. The molecule has 0 aromatic heterocycles. The van der Waals surface area contributed by atoms with Crippen LogP contribution in [0.15, 0.2) is 0 Å². The summed E-state index contributed by atoms with van der Waals surface area (Å²) in [5, 5.41) is 0. The van der Waals surface area contributed by atoms with Gasteiger partial charge in [-0.2, -0.15) is 0 Å². The molecule has 60 valence electrons. The van der Waals surface area contributed by atoms with Gasteiger partial charge in [0.2, 0.25) is 0 Å². The van der Waals surface area contributed by atoms with Crippen molar-refractivity contribution in [2.24, 2.45) is 5.73 Å². The fourth-order valence-electron chi connectivity index (χ4n) is 0.859. The highest BCUT2D eigenvalue weighted by Crippen LogP contribution is 2.26. The molecule has 3 nitrogen and oxygen atoms in total. The smallest absolute Gasteiger partial charge is 0.186 e. The Labute approximate surface area is 61.5 Å². The monoisotopic (exact) mass is 145 g/mol. The summed E-state index contributed by atoms with van der Waals surface area (Å²) in [6.07, 6.45) is 0.316. The van der Waals surface area contributed by atoms with E-state index >= 15 is 0 Å². The van der Waals surface area contributed by atoms with Crippen LogP contribution in [0.1, 0.15) is 20.8 Å². The summed E-state index contributed by atoms with van der Waals surface area (Å²) in [5.41, 5.74) is 5.56. The Morgan fingerprint density at radius 2 is 2.00 bits per heavy atom. The summed E-state index contributed by atoms with van der Waals surface area (Å²) in [4.78, 5) is 0. The second-order valence-corrected chi connectivity index (χ2v) is 3.01. The summed E-state index contributed by atoms with van der Waals surface area (Å²) in [6.45, 7) is 5.90. The molecule has 1 fully saturated rings. The summed E-state index contributed by atoms with van der Waals surface area (Å²) >= 11 is 0. The molecule has 1 saturated heterocycles. The third-order valence-electron chi connectivity index (χ3n) is 1.41. The molecule has 0 aliphatic carbocycles. The number of epoxide rings is 1. The molecule has 0 spiro atoms. The predicted octanol–water partition coefficient (Wildman–Crippen LogP) is 0.484. The second-order valence-electron chi connectivity index (χ2n) is 3.01. The van der Waals surface area contributed by atoms with Gasteiger partial charge in [-0.1, -0.05) is 0 Å². The van der Waals surface area contributed by atoms with Crippen molar-refractivity contribution in [2.75, 3.05) is 0 Å². The van der Waals surface area contributed by atoms with Crippen LogP contribution in [0.25, 0.3) is 0 Å². The van der Waals surface area contributed by atoms with Crippen LogP contribution < -0.4 is 5.73 Å². The second kappa shape index (κ2) is 2.86. The molecule has 0 aromatic rings. The van der Waals surface area contributed by atoms with Gasteiger partial charge in [0.15, 0.2) is 6.29 Å². The number of rotatable bonds is 3. The Balaban J connectivity index is 2.13. The molecule has 3 atom stereocenters. The van der Waals surface area contributed by atoms with E-state index in [4.69, 9.17) is 15.2 Å². The molecule has 0 amide bonds. The zero-order valence-corrected chi connectivity index (χ0v) is 6.70. The molecule has 0 bridgehead atoms. The van der Waals surface area contributed by atoms with E-state index in [2.05, 4.69) is 0 Å². The molecular weight excluding hydrogens is 130 g/mol.